The smallest absolute Gasteiger partial charge is 0.123 e. The van der Waals surface area contributed by atoms with Gasteiger partial charge in [0, 0.05) is 12.7 Å². The molecular weight excluding hydrogens is 238 g/mol. The summed E-state index contributed by atoms with van der Waals surface area (Å²) in [7, 11) is 3.51. The third-order valence-electron chi connectivity index (χ3n) is 3.39. The van der Waals surface area contributed by atoms with Gasteiger partial charge in [-0.2, -0.15) is 0 Å². The fourth-order valence-electron chi connectivity index (χ4n) is 2.46. The first-order valence-corrected chi connectivity index (χ1v) is 7.08. The highest BCUT2D eigenvalue weighted by atomic mass is 16.5. The second kappa shape index (κ2) is 8.18. The van der Waals surface area contributed by atoms with Crippen LogP contribution in [0, 0.1) is 6.92 Å². The van der Waals surface area contributed by atoms with Crippen molar-refractivity contribution in [2.45, 2.75) is 45.8 Å². The minimum Gasteiger partial charge on any atom is -0.496 e. The number of methoxy groups -OCH3 is 2. The van der Waals surface area contributed by atoms with Crippen LogP contribution in [-0.2, 0) is 4.74 Å². The minimum absolute atomic E-state index is 0.167. The van der Waals surface area contributed by atoms with Crippen molar-refractivity contribution < 1.29 is 9.47 Å². The average Bonchev–Trinajstić information content (AvgIpc) is 2.42. The molecule has 0 aliphatic carbocycles. The van der Waals surface area contributed by atoms with Crippen LogP contribution in [0.2, 0.25) is 0 Å². The van der Waals surface area contributed by atoms with Crippen molar-refractivity contribution in [2.24, 2.45) is 0 Å². The minimum atomic E-state index is 0.167. The van der Waals surface area contributed by atoms with E-state index in [2.05, 4.69) is 38.2 Å². The largest absolute Gasteiger partial charge is 0.496 e. The van der Waals surface area contributed by atoms with Crippen LogP contribution in [0.15, 0.2) is 18.2 Å². The second-order valence-corrected chi connectivity index (χ2v) is 4.84. The molecule has 0 radical (unpaired) electrons. The molecule has 1 aromatic rings. The van der Waals surface area contributed by atoms with Gasteiger partial charge in [-0.15, -0.1) is 0 Å². The Balaban J connectivity index is 3.12. The number of nitrogens with one attached hydrogen (secondary N) is 1. The molecule has 0 saturated carbocycles. The Morgan fingerprint density at radius 3 is 2.47 bits per heavy atom. The lowest BCUT2D eigenvalue weighted by Gasteiger charge is -2.28. The predicted molar refractivity (Wildman–Crippen MR) is 79.9 cm³/mol. The molecule has 0 bridgehead atoms. The maximum atomic E-state index is 5.68. The standard InChI is InChI=1S/C16H27NO2/c1-6-8-15(19-5)16(17-7-2)13-11-12(3)9-10-14(13)18-4/h9-11,15-17H,6-8H2,1-5H3. The summed E-state index contributed by atoms with van der Waals surface area (Å²) < 4.78 is 11.2. The Morgan fingerprint density at radius 2 is 1.95 bits per heavy atom. The number of rotatable bonds is 8. The number of ether oxygens (including phenoxy) is 2. The molecule has 0 heterocycles. The zero-order valence-electron chi connectivity index (χ0n) is 12.8. The molecule has 0 saturated heterocycles. The molecule has 0 amide bonds. The van der Waals surface area contributed by atoms with Gasteiger partial charge in [0.25, 0.3) is 0 Å². The van der Waals surface area contributed by atoms with Crippen molar-refractivity contribution in [2.75, 3.05) is 20.8 Å². The summed E-state index contributed by atoms with van der Waals surface area (Å²) in [6.45, 7) is 7.31. The van der Waals surface area contributed by atoms with E-state index in [-0.39, 0.29) is 12.1 Å². The van der Waals surface area contributed by atoms with E-state index >= 15 is 0 Å². The Morgan fingerprint density at radius 1 is 1.21 bits per heavy atom. The molecule has 0 aliphatic rings. The summed E-state index contributed by atoms with van der Waals surface area (Å²) in [6, 6.07) is 6.47. The van der Waals surface area contributed by atoms with E-state index in [0.717, 1.165) is 25.1 Å². The third-order valence-corrected chi connectivity index (χ3v) is 3.39. The summed E-state index contributed by atoms with van der Waals surface area (Å²) >= 11 is 0. The van der Waals surface area contributed by atoms with E-state index in [0.29, 0.717) is 0 Å². The highest BCUT2D eigenvalue weighted by Crippen LogP contribution is 2.31. The number of benzene rings is 1. The van der Waals surface area contributed by atoms with Crippen molar-refractivity contribution in [1.82, 2.24) is 5.32 Å². The van der Waals surface area contributed by atoms with Crippen LogP contribution in [0.4, 0.5) is 0 Å². The van der Waals surface area contributed by atoms with Crippen LogP contribution in [0.1, 0.15) is 43.9 Å². The molecule has 19 heavy (non-hydrogen) atoms. The predicted octanol–water partition coefficient (Wildman–Crippen LogP) is 3.47. The molecule has 108 valence electrons. The highest BCUT2D eigenvalue weighted by molar-refractivity contribution is 5.39. The second-order valence-electron chi connectivity index (χ2n) is 4.84. The lowest BCUT2D eigenvalue weighted by molar-refractivity contribution is 0.0603. The topological polar surface area (TPSA) is 30.5 Å². The van der Waals surface area contributed by atoms with Gasteiger partial charge in [0.2, 0.25) is 0 Å². The molecule has 1 N–H and O–H groups in total. The molecule has 1 rings (SSSR count). The Labute approximate surface area is 117 Å². The molecule has 1 aromatic carbocycles. The number of aryl methyl sites for hydroxylation is 1. The molecule has 0 spiro atoms. The average molecular weight is 265 g/mol. The van der Waals surface area contributed by atoms with Gasteiger partial charge in [-0.3, -0.25) is 0 Å². The lowest BCUT2D eigenvalue weighted by atomic mass is 9.95. The van der Waals surface area contributed by atoms with E-state index in [1.807, 2.05) is 6.07 Å². The molecule has 0 aromatic heterocycles. The monoisotopic (exact) mass is 265 g/mol. The van der Waals surface area contributed by atoms with Crippen LogP contribution < -0.4 is 10.1 Å². The molecular formula is C16H27NO2. The van der Waals surface area contributed by atoms with Gasteiger partial charge < -0.3 is 14.8 Å². The van der Waals surface area contributed by atoms with Crippen LogP contribution in [0.3, 0.4) is 0 Å². The molecule has 0 aliphatic heterocycles. The fraction of sp³-hybridized carbons (Fsp3) is 0.625. The molecule has 3 nitrogen and oxygen atoms in total. The quantitative estimate of drug-likeness (QED) is 0.780. The van der Waals surface area contributed by atoms with Crippen LogP contribution in [0.25, 0.3) is 0 Å². The number of hydrogen-bond donors (Lipinski definition) is 1. The molecule has 3 heteroatoms. The lowest BCUT2D eigenvalue weighted by Crippen LogP contribution is -2.33. The first-order valence-electron chi connectivity index (χ1n) is 7.08. The normalized spacial score (nSPS) is 14.2. The molecule has 2 unspecified atom stereocenters. The van der Waals surface area contributed by atoms with Crippen LogP contribution in [-0.4, -0.2) is 26.9 Å². The van der Waals surface area contributed by atoms with E-state index in [4.69, 9.17) is 9.47 Å². The maximum absolute atomic E-state index is 5.68. The molecule has 2 atom stereocenters. The van der Waals surface area contributed by atoms with Gasteiger partial charge in [-0.05, 0) is 26.0 Å². The maximum Gasteiger partial charge on any atom is 0.123 e. The van der Waals surface area contributed by atoms with Crippen molar-refractivity contribution in [3.05, 3.63) is 29.3 Å². The van der Waals surface area contributed by atoms with Crippen molar-refractivity contribution >= 4 is 0 Å². The zero-order chi connectivity index (χ0) is 14.3. The van der Waals surface area contributed by atoms with Gasteiger partial charge in [0.1, 0.15) is 5.75 Å². The fourth-order valence-corrected chi connectivity index (χ4v) is 2.46. The first-order chi connectivity index (χ1) is 9.17. The van der Waals surface area contributed by atoms with Crippen LogP contribution >= 0.6 is 0 Å². The number of hydrogen-bond acceptors (Lipinski definition) is 3. The van der Waals surface area contributed by atoms with E-state index in [9.17, 15) is 0 Å². The van der Waals surface area contributed by atoms with E-state index in [1.165, 1.54) is 11.1 Å². The van der Waals surface area contributed by atoms with Crippen molar-refractivity contribution in [3.63, 3.8) is 0 Å². The highest BCUT2D eigenvalue weighted by Gasteiger charge is 2.24. The van der Waals surface area contributed by atoms with Crippen molar-refractivity contribution in [1.29, 1.82) is 0 Å². The summed E-state index contributed by atoms with van der Waals surface area (Å²) in [5.41, 5.74) is 2.43. The third kappa shape index (κ3) is 4.22. The molecule has 0 fully saturated rings. The summed E-state index contributed by atoms with van der Waals surface area (Å²) in [5.74, 6) is 0.926. The first kappa shape index (κ1) is 16.0. The van der Waals surface area contributed by atoms with Crippen LogP contribution in [0.5, 0.6) is 5.75 Å². The Kier molecular flexibility index (Phi) is 6.89. The Hall–Kier alpha value is -1.06. The van der Waals surface area contributed by atoms with Gasteiger partial charge in [-0.1, -0.05) is 38.0 Å². The van der Waals surface area contributed by atoms with Crippen molar-refractivity contribution in [3.8, 4) is 5.75 Å². The zero-order valence-corrected chi connectivity index (χ0v) is 12.8. The Bertz CT molecular complexity index is 379. The van der Waals surface area contributed by atoms with E-state index in [1.54, 1.807) is 14.2 Å². The summed E-state index contributed by atoms with van der Waals surface area (Å²) in [6.07, 6.45) is 2.31. The SMILES string of the molecule is CCCC(OC)C(NCC)c1cc(C)ccc1OC. The summed E-state index contributed by atoms with van der Waals surface area (Å²) in [4.78, 5) is 0. The van der Waals surface area contributed by atoms with Gasteiger partial charge in [0.05, 0.1) is 19.3 Å². The van der Waals surface area contributed by atoms with Gasteiger partial charge >= 0.3 is 0 Å². The van der Waals surface area contributed by atoms with Gasteiger partial charge in [0.15, 0.2) is 0 Å². The van der Waals surface area contributed by atoms with E-state index < -0.39 is 0 Å². The summed E-state index contributed by atoms with van der Waals surface area (Å²) in [5, 5.41) is 3.53. The number of likely N-dealkylation sites (N-methyl/N-ethyl adjacent to an activating group) is 1. The van der Waals surface area contributed by atoms with Gasteiger partial charge in [-0.25, -0.2) is 0 Å².